The minimum absolute atomic E-state index is 0.165. The lowest BCUT2D eigenvalue weighted by Crippen LogP contribution is -2.49. The molecule has 0 fully saturated rings. The Bertz CT molecular complexity index is 1370. The third kappa shape index (κ3) is 9.18. The molecule has 1 aliphatic rings. The van der Waals surface area contributed by atoms with Crippen molar-refractivity contribution in [3.05, 3.63) is 70.4 Å². The van der Waals surface area contributed by atoms with E-state index in [1.807, 2.05) is 0 Å². The molecule has 1 aromatic heterocycles. The number of nitrogens with zero attached hydrogens (tertiary/aromatic N) is 2. The van der Waals surface area contributed by atoms with Crippen molar-refractivity contribution < 1.29 is 27.5 Å². The number of ether oxygens (including phenoxy) is 1. The predicted molar refractivity (Wildman–Crippen MR) is 147 cm³/mol. The van der Waals surface area contributed by atoms with Crippen molar-refractivity contribution in [3.63, 3.8) is 0 Å². The summed E-state index contributed by atoms with van der Waals surface area (Å²) in [6.07, 6.45) is -0.364. The molecule has 0 saturated carbocycles. The summed E-state index contributed by atoms with van der Waals surface area (Å²) >= 11 is 0. The Labute approximate surface area is 229 Å². The van der Waals surface area contributed by atoms with Gasteiger partial charge in [0.25, 0.3) is 5.91 Å². The van der Waals surface area contributed by atoms with E-state index >= 15 is 0 Å². The fraction of sp³-hybridized carbons (Fsp3) is 0.407. The normalized spacial score (nSPS) is 14.3. The number of carbonyl (C=O) groups excluding carboxylic acids is 3. The largest absolute Gasteiger partial charge is 0.444 e. The molecule has 0 spiro atoms. The number of rotatable bonds is 9. The van der Waals surface area contributed by atoms with Crippen LogP contribution in [-0.4, -0.2) is 48.5 Å². The summed E-state index contributed by atoms with van der Waals surface area (Å²) in [6, 6.07) is 12.0. The number of amides is 3. The van der Waals surface area contributed by atoms with E-state index in [0.717, 1.165) is 16.1 Å². The van der Waals surface area contributed by atoms with Crippen LogP contribution in [0.25, 0.3) is 0 Å². The maximum Gasteiger partial charge on any atom is 0.413 e. The molecule has 1 aromatic carbocycles. The van der Waals surface area contributed by atoms with Gasteiger partial charge in [-0.05, 0) is 58.2 Å². The molecule has 0 bridgehead atoms. The van der Waals surface area contributed by atoms with Crippen LogP contribution < -0.4 is 15.5 Å². The molecule has 0 aliphatic carbocycles. The topological polar surface area (TPSA) is 147 Å². The second-order valence-electron chi connectivity index (χ2n) is 10.3. The molecule has 1 aliphatic heterocycles. The van der Waals surface area contributed by atoms with Gasteiger partial charge in [-0.25, -0.2) is 18.2 Å². The first-order valence-electron chi connectivity index (χ1n) is 12.5. The zero-order valence-electron chi connectivity index (χ0n) is 22.8. The van der Waals surface area contributed by atoms with Crippen LogP contribution in [0.3, 0.4) is 0 Å². The fourth-order valence-electron chi connectivity index (χ4n) is 3.86. The number of sulfonamides is 1. The average molecular weight is 558 g/mol. The van der Waals surface area contributed by atoms with Crippen molar-refractivity contribution in [2.45, 2.75) is 65.4 Å². The molecule has 0 saturated heterocycles. The van der Waals surface area contributed by atoms with Crippen LogP contribution >= 0.6 is 0 Å². The van der Waals surface area contributed by atoms with E-state index in [-0.39, 0.29) is 36.7 Å². The predicted octanol–water partition coefficient (Wildman–Crippen LogP) is 3.33. The second-order valence-corrected chi connectivity index (χ2v) is 12.0. The van der Waals surface area contributed by atoms with Gasteiger partial charge in [-0.2, -0.15) is 0 Å². The molecule has 0 radical (unpaired) electrons. The maximum absolute atomic E-state index is 13.0. The van der Waals surface area contributed by atoms with Gasteiger partial charge in [-0.15, -0.1) is 4.83 Å². The van der Waals surface area contributed by atoms with Crippen molar-refractivity contribution in [1.82, 2.24) is 20.1 Å². The Balaban J connectivity index is 1.56. The first-order chi connectivity index (χ1) is 18.2. The van der Waals surface area contributed by atoms with Gasteiger partial charge >= 0.3 is 6.09 Å². The lowest BCUT2D eigenvalue weighted by Gasteiger charge is -2.29. The highest BCUT2D eigenvalue weighted by atomic mass is 32.2. The van der Waals surface area contributed by atoms with Crippen LogP contribution in [0.5, 0.6) is 0 Å². The molecule has 3 amide bonds. The van der Waals surface area contributed by atoms with Gasteiger partial charge in [-0.1, -0.05) is 42.0 Å². The lowest BCUT2D eigenvalue weighted by atomic mass is 9.98. The van der Waals surface area contributed by atoms with E-state index in [4.69, 9.17) is 4.74 Å². The van der Waals surface area contributed by atoms with Gasteiger partial charge in [0.05, 0.1) is 12.2 Å². The van der Waals surface area contributed by atoms with E-state index in [0.29, 0.717) is 23.5 Å². The Morgan fingerprint density at radius 2 is 1.77 bits per heavy atom. The van der Waals surface area contributed by atoms with Crippen molar-refractivity contribution in [2.24, 2.45) is 0 Å². The molecule has 210 valence electrons. The fourth-order valence-corrected chi connectivity index (χ4v) is 5.06. The monoisotopic (exact) mass is 557 g/mol. The number of pyridine rings is 1. The number of hydrazine groups is 1. The molecule has 39 heavy (non-hydrogen) atoms. The van der Waals surface area contributed by atoms with Gasteiger partial charge in [0.1, 0.15) is 11.4 Å². The highest BCUT2D eigenvalue weighted by Crippen LogP contribution is 2.21. The van der Waals surface area contributed by atoms with Crippen LogP contribution in [0.4, 0.5) is 10.6 Å². The Kier molecular flexibility index (Phi) is 9.46. The van der Waals surface area contributed by atoms with Gasteiger partial charge in [0, 0.05) is 24.4 Å². The molecule has 0 unspecified atom stereocenters. The minimum Gasteiger partial charge on any atom is -0.444 e. The van der Waals surface area contributed by atoms with Crippen molar-refractivity contribution >= 4 is 33.7 Å². The SMILES string of the molecule is CC1=C(CC(=O)NCc2ccc(NC(=O)OC(C)(C)C)nc2C)C(=O)N(NS(=O)(=O)Cc2ccccc2)CC1. The molecule has 11 nitrogen and oxygen atoms in total. The number of hydrogen-bond acceptors (Lipinski definition) is 7. The van der Waals surface area contributed by atoms with Crippen LogP contribution in [0.2, 0.25) is 0 Å². The van der Waals surface area contributed by atoms with Crippen molar-refractivity contribution in [3.8, 4) is 0 Å². The van der Waals surface area contributed by atoms with Gasteiger partial charge in [-0.3, -0.25) is 19.9 Å². The summed E-state index contributed by atoms with van der Waals surface area (Å²) in [5.41, 5.74) is 2.29. The Morgan fingerprint density at radius 3 is 2.41 bits per heavy atom. The zero-order chi connectivity index (χ0) is 28.8. The summed E-state index contributed by atoms with van der Waals surface area (Å²) in [6.45, 7) is 9.14. The van der Waals surface area contributed by atoms with E-state index in [1.54, 1.807) is 77.1 Å². The average Bonchev–Trinajstić information content (AvgIpc) is 2.82. The molecule has 12 heteroatoms. The standard InChI is InChI=1S/C27H35N5O6S/c1-18-13-14-32(31-39(36,37)17-20-9-7-6-8-10-20)25(34)22(18)15-24(33)28-16-21-11-12-23(29-19(21)2)30-26(35)38-27(3,4)5/h6-12,31H,13-17H2,1-5H3,(H,28,33)(H,29,30,35). The summed E-state index contributed by atoms with van der Waals surface area (Å²) < 4.78 is 30.5. The highest BCUT2D eigenvalue weighted by Gasteiger charge is 2.29. The van der Waals surface area contributed by atoms with Gasteiger partial charge < -0.3 is 10.1 Å². The number of nitrogens with one attached hydrogen (secondary N) is 3. The molecule has 3 rings (SSSR count). The minimum atomic E-state index is -3.82. The summed E-state index contributed by atoms with van der Waals surface area (Å²) in [7, 11) is -3.82. The highest BCUT2D eigenvalue weighted by molar-refractivity contribution is 7.88. The molecular formula is C27H35N5O6S. The summed E-state index contributed by atoms with van der Waals surface area (Å²) in [5, 5.41) is 6.41. The number of benzene rings is 1. The number of carbonyl (C=O) groups is 3. The van der Waals surface area contributed by atoms with Crippen LogP contribution in [0.15, 0.2) is 53.6 Å². The third-order valence-electron chi connectivity index (χ3n) is 5.82. The van der Waals surface area contributed by atoms with Crippen LogP contribution in [0.1, 0.15) is 57.4 Å². The summed E-state index contributed by atoms with van der Waals surface area (Å²) in [4.78, 5) is 44.4. The maximum atomic E-state index is 13.0. The number of anilines is 1. The Hall–Kier alpha value is -3.77. The zero-order valence-corrected chi connectivity index (χ0v) is 23.6. The molecular weight excluding hydrogens is 522 g/mol. The second kappa shape index (κ2) is 12.4. The molecule has 2 heterocycles. The smallest absolute Gasteiger partial charge is 0.413 e. The quantitative estimate of drug-likeness (QED) is 0.429. The molecule has 3 N–H and O–H groups in total. The van der Waals surface area contributed by atoms with E-state index in [9.17, 15) is 22.8 Å². The summed E-state index contributed by atoms with van der Waals surface area (Å²) in [5.74, 6) is -0.876. The molecule has 0 atom stereocenters. The van der Waals surface area contributed by atoms with Gasteiger partial charge in [0.2, 0.25) is 15.9 Å². The number of aryl methyl sites for hydroxylation is 1. The number of aromatic nitrogens is 1. The van der Waals surface area contributed by atoms with Crippen LogP contribution in [0, 0.1) is 6.92 Å². The van der Waals surface area contributed by atoms with Crippen molar-refractivity contribution in [1.29, 1.82) is 0 Å². The van der Waals surface area contributed by atoms with E-state index in [1.165, 1.54) is 0 Å². The molecule has 2 aromatic rings. The van der Waals surface area contributed by atoms with E-state index in [2.05, 4.69) is 20.4 Å². The first kappa shape index (κ1) is 29.8. The van der Waals surface area contributed by atoms with Crippen molar-refractivity contribution in [2.75, 3.05) is 11.9 Å². The number of hydrogen-bond donors (Lipinski definition) is 3. The Morgan fingerprint density at radius 1 is 1.08 bits per heavy atom. The van der Waals surface area contributed by atoms with Gasteiger partial charge in [0.15, 0.2) is 0 Å². The lowest BCUT2D eigenvalue weighted by molar-refractivity contribution is -0.131. The van der Waals surface area contributed by atoms with E-state index < -0.39 is 27.6 Å². The van der Waals surface area contributed by atoms with Crippen LogP contribution in [-0.2, 0) is 36.6 Å². The third-order valence-corrected chi connectivity index (χ3v) is 7.03. The first-order valence-corrected chi connectivity index (χ1v) is 14.2.